The van der Waals surface area contributed by atoms with E-state index in [9.17, 15) is 0 Å². The molecule has 3 unspecified atom stereocenters. The molecule has 1 saturated carbocycles. The zero-order valence-corrected chi connectivity index (χ0v) is 12.9. The molecule has 1 aliphatic rings. The van der Waals surface area contributed by atoms with Gasteiger partial charge in [0.2, 0.25) is 0 Å². The van der Waals surface area contributed by atoms with Crippen molar-refractivity contribution in [2.75, 3.05) is 13.1 Å². The lowest BCUT2D eigenvalue weighted by atomic mass is 9.72. The van der Waals surface area contributed by atoms with Crippen molar-refractivity contribution in [1.82, 2.24) is 5.32 Å². The van der Waals surface area contributed by atoms with Gasteiger partial charge in [0.25, 0.3) is 0 Å². The summed E-state index contributed by atoms with van der Waals surface area (Å²) in [7, 11) is 0. The molecule has 19 heavy (non-hydrogen) atoms. The van der Waals surface area contributed by atoms with E-state index in [1.54, 1.807) is 0 Å². The summed E-state index contributed by atoms with van der Waals surface area (Å²) in [4.78, 5) is 0. The standard InChI is InChI=1S/C17H26ClN/c1-3-19-12-15-7-4-13(2)10-16(15)11-14-5-8-17(18)9-6-14/h5-6,8-9,13,15-16,19H,3-4,7,10-12H2,1-2H3. The van der Waals surface area contributed by atoms with Crippen molar-refractivity contribution in [1.29, 1.82) is 0 Å². The van der Waals surface area contributed by atoms with Gasteiger partial charge in [0, 0.05) is 5.02 Å². The first kappa shape index (κ1) is 14.9. The lowest BCUT2D eigenvalue weighted by molar-refractivity contribution is 0.184. The minimum Gasteiger partial charge on any atom is -0.317 e. The third-order valence-electron chi connectivity index (χ3n) is 4.47. The Morgan fingerprint density at radius 2 is 1.89 bits per heavy atom. The Balaban J connectivity index is 1.98. The fourth-order valence-electron chi connectivity index (χ4n) is 3.33. The molecular formula is C17H26ClN. The summed E-state index contributed by atoms with van der Waals surface area (Å²) in [6.45, 7) is 6.86. The lowest BCUT2D eigenvalue weighted by Gasteiger charge is -2.35. The van der Waals surface area contributed by atoms with Crippen LogP contribution >= 0.6 is 11.6 Å². The van der Waals surface area contributed by atoms with Gasteiger partial charge in [0.1, 0.15) is 0 Å². The fraction of sp³-hybridized carbons (Fsp3) is 0.647. The van der Waals surface area contributed by atoms with Crippen LogP contribution in [0.5, 0.6) is 0 Å². The molecule has 0 bridgehead atoms. The van der Waals surface area contributed by atoms with E-state index < -0.39 is 0 Å². The van der Waals surface area contributed by atoms with E-state index in [1.807, 2.05) is 12.1 Å². The summed E-state index contributed by atoms with van der Waals surface area (Å²) in [6.07, 6.45) is 5.36. The van der Waals surface area contributed by atoms with E-state index in [-0.39, 0.29) is 0 Å². The second-order valence-electron chi connectivity index (χ2n) is 6.08. The molecule has 2 rings (SSSR count). The first-order valence-corrected chi connectivity index (χ1v) is 8.02. The van der Waals surface area contributed by atoms with Gasteiger partial charge in [-0.3, -0.25) is 0 Å². The molecule has 1 aromatic rings. The molecule has 0 radical (unpaired) electrons. The molecule has 1 N–H and O–H groups in total. The zero-order chi connectivity index (χ0) is 13.7. The van der Waals surface area contributed by atoms with Crippen LogP contribution in [0, 0.1) is 17.8 Å². The van der Waals surface area contributed by atoms with Gasteiger partial charge >= 0.3 is 0 Å². The average Bonchev–Trinajstić information content (AvgIpc) is 2.40. The summed E-state index contributed by atoms with van der Waals surface area (Å²) in [5, 5.41) is 4.37. The van der Waals surface area contributed by atoms with Gasteiger partial charge in [0.05, 0.1) is 0 Å². The van der Waals surface area contributed by atoms with E-state index in [0.29, 0.717) is 0 Å². The maximum atomic E-state index is 5.96. The van der Waals surface area contributed by atoms with Gasteiger partial charge < -0.3 is 5.32 Å². The van der Waals surface area contributed by atoms with Gasteiger partial charge in [-0.25, -0.2) is 0 Å². The third-order valence-corrected chi connectivity index (χ3v) is 4.72. The smallest absolute Gasteiger partial charge is 0.0406 e. The zero-order valence-electron chi connectivity index (χ0n) is 12.2. The Labute approximate surface area is 122 Å². The predicted molar refractivity (Wildman–Crippen MR) is 83.7 cm³/mol. The molecule has 0 amide bonds. The van der Waals surface area contributed by atoms with Crippen molar-refractivity contribution in [3.63, 3.8) is 0 Å². The molecule has 1 fully saturated rings. The molecule has 106 valence electrons. The molecule has 0 aromatic heterocycles. The van der Waals surface area contributed by atoms with Crippen LogP contribution in [0.4, 0.5) is 0 Å². The summed E-state index contributed by atoms with van der Waals surface area (Å²) < 4.78 is 0. The van der Waals surface area contributed by atoms with E-state index in [0.717, 1.165) is 29.3 Å². The number of hydrogen-bond donors (Lipinski definition) is 1. The summed E-state index contributed by atoms with van der Waals surface area (Å²) in [6, 6.07) is 8.41. The van der Waals surface area contributed by atoms with E-state index >= 15 is 0 Å². The minimum atomic E-state index is 0.823. The monoisotopic (exact) mass is 279 g/mol. The fourth-order valence-corrected chi connectivity index (χ4v) is 3.46. The second kappa shape index (κ2) is 7.31. The molecule has 0 saturated heterocycles. The highest BCUT2D eigenvalue weighted by Gasteiger charge is 2.28. The molecule has 1 aromatic carbocycles. The van der Waals surface area contributed by atoms with Crippen molar-refractivity contribution in [3.05, 3.63) is 34.9 Å². The van der Waals surface area contributed by atoms with Crippen molar-refractivity contribution >= 4 is 11.6 Å². The Bertz CT molecular complexity index is 371. The Hall–Kier alpha value is -0.530. The number of nitrogens with one attached hydrogen (secondary N) is 1. The van der Waals surface area contributed by atoms with Crippen LogP contribution in [-0.4, -0.2) is 13.1 Å². The predicted octanol–water partition coefficient (Wildman–Crippen LogP) is 4.54. The van der Waals surface area contributed by atoms with Crippen molar-refractivity contribution in [2.45, 2.75) is 39.5 Å². The SMILES string of the molecule is CCNCC1CCC(C)CC1Cc1ccc(Cl)cc1. The van der Waals surface area contributed by atoms with Crippen LogP contribution in [-0.2, 0) is 6.42 Å². The van der Waals surface area contributed by atoms with Gasteiger partial charge in [-0.15, -0.1) is 0 Å². The van der Waals surface area contributed by atoms with E-state index in [1.165, 1.54) is 37.8 Å². The van der Waals surface area contributed by atoms with Crippen LogP contribution in [0.2, 0.25) is 5.02 Å². The molecule has 1 nitrogen and oxygen atoms in total. The first-order valence-electron chi connectivity index (χ1n) is 7.64. The van der Waals surface area contributed by atoms with Crippen LogP contribution in [0.3, 0.4) is 0 Å². The molecule has 1 aliphatic carbocycles. The van der Waals surface area contributed by atoms with Gasteiger partial charge in [-0.05, 0) is 67.8 Å². The van der Waals surface area contributed by atoms with Crippen LogP contribution in [0.15, 0.2) is 24.3 Å². The lowest BCUT2D eigenvalue weighted by Crippen LogP contribution is -2.33. The van der Waals surface area contributed by atoms with E-state index in [2.05, 4.69) is 31.3 Å². The van der Waals surface area contributed by atoms with Crippen LogP contribution in [0.1, 0.15) is 38.7 Å². The normalized spacial score (nSPS) is 27.4. The maximum absolute atomic E-state index is 5.96. The second-order valence-corrected chi connectivity index (χ2v) is 6.51. The average molecular weight is 280 g/mol. The maximum Gasteiger partial charge on any atom is 0.0406 e. The number of hydrogen-bond acceptors (Lipinski definition) is 1. The highest BCUT2D eigenvalue weighted by molar-refractivity contribution is 6.30. The Morgan fingerprint density at radius 3 is 2.58 bits per heavy atom. The largest absolute Gasteiger partial charge is 0.317 e. The number of rotatable bonds is 5. The number of halogens is 1. The minimum absolute atomic E-state index is 0.823. The van der Waals surface area contributed by atoms with Gasteiger partial charge in [-0.1, -0.05) is 44.0 Å². The Kier molecular flexibility index (Phi) is 5.72. The molecular weight excluding hydrogens is 254 g/mol. The summed E-state index contributed by atoms with van der Waals surface area (Å²) >= 11 is 5.96. The molecule has 0 aliphatic heterocycles. The van der Waals surface area contributed by atoms with Gasteiger partial charge in [-0.2, -0.15) is 0 Å². The molecule has 3 atom stereocenters. The molecule has 0 heterocycles. The number of benzene rings is 1. The van der Waals surface area contributed by atoms with Crippen molar-refractivity contribution in [2.24, 2.45) is 17.8 Å². The van der Waals surface area contributed by atoms with Gasteiger partial charge in [0.15, 0.2) is 0 Å². The van der Waals surface area contributed by atoms with E-state index in [4.69, 9.17) is 11.6 Å². The molecule has 0 spiro atoms. The van der Waals surface area contributed by atoms with Crippen molar-refractivity contribution < 1.29 is 0 Å². The van der Waals surface area contributed by atoms with Crippen molar-refractivity contribution in [3.8, 4) is 0 Å². The summed E-state index contributed by atoms with van der Waals surface area (Å²) in [5.41, 5.74) is 1.44. The van der Waals surface area contributed by atoms with Crippen LogP contribution in [0.25, 0.3) is 0 Å². The summed E-state index contributed by atoms with van der Waals surface area (Å²) in [5.74, 6) is 2.55. The third kappa shape index (κ3) is 4.50. The first-order chi connectivity index (χ1) is 9.19. The quantitative estimate of drug-likeness (QED) is 0.834. The topological polar surface area (TPSA) is 12.0 Å². The molecule has 2 heteroatoms. The van der Waals surface area contributed by atoms with Crippen LogP contribution < -0.4 is 5.32 Å². The Morgan fingerprint density at radius 1 is 1.16 bits per heavy atom. The highest BCUT2D eigenvalue weighted by atomic mass is 35.5. The highest BCUT2D eigenvalue weighted by Crippen LogP contribution is 2.35.